The number of aliphatic hydroxyl groups is 4. The maximum absolute atomic E-state index is 13.3. The SMILES string of the molecule is C[C@]1(Oc2cc3c(c(O)c2O)C(=O)c2cc(C(=O)O)c(O)cc2C3=O)O[C@@](C)(CO)[C@@](C)(O)[C@@](C)(O)[C@@]1(C)O. The minimum Gasteiger partial charge on any atom is -0.507 e. The molecule has 0 unspecified atom stereocenters. The van der Waals surface area contributed by atoms with Crippen molar-refractivity contribution in [2.24, 2.45) is 0 Å². The Balaban J connectivity index is 1.89. The normalized spacial score (nSPS) is 33.9. The number of aromatic hydroxyl groups is 3. The Morgan fingerprint density at radius 1 is 0.821 bits per heavy atom. The first-order chi connectivity index (χ1) is 17.7. The zero-order valence-corrected chi connectivity index (χ0v) is 21.6. The molecule has 1 fully saturated rings. The Labute approximate surface area is 221 Å². The second-order valence-electron chi connectivity index (χ2n) is 10.6. The molecule has 1 aliphatic heterocycles. The van der Waals surface area contributed by atoms with E-state index >= 15 is 0 Å². The van der Waals surface area contributed by atoms with Gasteiger partial charge in [-0.15, -0.1) is 0 Å². The number of hydrogen-bond acceptors (Lipinski definition) is 12. The van der Waals surface area contributed by atoms with Crippen LogP contribution >= 0.6 is 0 Å². The van der Waals surface area contributed by atoms with Gasteiger partial charge in [-0.3, -0.25) is 9.59 Å². The zero-order chi connectivity index (χ0) is 29.7. The molecule has 2 aromatic carbocycles. The van der Waals surface area contributed by atoms with Crippen LogP contribution in [0, 0.1) is 0 Å². The Morgan fingerprint density at radius 3 is 1.92 bits per heavy atom. The van der Waals surface area contributed by atoms with Crippen molar-refractivity contribution in [3.8, 4) is 23.0 Å². The molecule has 2 aromatic rings. The summed E-state index contributed by atoms with van der Waals surface area (Å²) < 4.78 is 11.6. The predicted molar refractivity (Wildman–Crippen MR) is 129 cm³/mol. The number of phenols is 3. The van der Waals surface area contributed by atoms with Gasteiger partial charge in [0.25, 0.3) is 0 Å². The highest BCUT2D eigenvalue weighted by atomic mass is 16.7. The van der Waals surface area contributed by atoms with Crippen molar-refractivity contribution in [1.82, 2.24) is 0 Å². The number of carbonyl (C=O) groups excluding carboxylic acids is 2. The number of fused-ring (bicyclic) bond motifs is 2. The van der Waals surface area contributed by atoms with Gasteiger partial charge in [-0.25, -0.2) is 4.79 Å². The van der Waals surface area contributed by atoms with Crippen LogP contribution in [0.1, 0.15) is 76.8 Å². The van der Waals surface area contributed by atoms with Gasteiger partial charge in [0.05, 0.1) is 12.2 Å². The van der Waals surface area contributed by atoms with Crippen molar-refractivity contribution >= 4 is 17.5 Å². The summed E-state index contributed by atoms with van der Waals surface area (Å²) in [4.78, 5) is 37.9. The van der Waals surface area contributed by atoms with Crippen molar-refractivity contribution in [3.63, 3.8) is 0 Å². The molecule has 210 valence electrons. The smallest absolute Gasteiger partial charge is 0.339 e. The molecule has 0 radical (unpaired) electrons. The maximum Gasteiger partial charge on any atom is 0.339 e. The van der Waals surface area contributed by atoms with Crippen LogP contribution in [0.5, 0.6) is 23.0 Å². The fourth-order valence-electron chi connectivity index (χ4n) is 5.11. The lowest BCUT2D eigenvalue weighted by Crippen LogP contribution is -2.85. The number of aliphatic hydroxyl groups excluding tert-OH is 1. The lowest BCUT2D eigenvalue weighted by atomic mass is 9.61. The molecule has 13 heteroatoms. The zero-order valence-electron chi connectivity index (χ0n) is 21.6. The first-order valence-corrected chi connectivity index (χ1v) is 11.6. The van der Waals surface area contributed by atoms with E-state index in [0.717, 1.165) is 45.9 Å². The summed E-state index contributed by atoms with van der Waals surface area (Å²) in [5, 5.41) is 84.5. The van der Waals surface area contributed by atoms with Crippen molar-refractivity contribution in [2.45, 2.75) is 62.8 Å². The number of ketones is 2. The van der Waals surface area contributed by atoms with Gasteiger partial charge in [0.1, 0.15) is 28.1 Å². The first-order valence-electron chi connectivity index (χ1n) is 11.6. The number of carbonyl (C=O) groups is 3. The minimum absolute atomic E-state index is 0.384. The molecule has 13 nitrogen and oxygen atoms in total. The van der Waals surface area contributed by atoms with Crippen LogP contribution < -0.4 is 4.74 Å². The van der Waals surface area contributed by atoms with Crippen molar-refractivity contribution in [2.75, 3.05) is 6.61 Å². The minimum atomic E-state index is -2.48. The summed E-state index contributed by atoms with van der Waals surface area (Å²) >= 11 is 0. The van der Waals surface area contributed by atoms with E-state index in [1.807, 2.05) is 0 Å². The number of benzene rings is 2. The molecule has 2 aliphatic rings. The highest BCUT2D eigenvalue weighted by molar-refractivity contribution is 6.30. The molecule has 0 amide bonds. The fourth-order valence-corrected chi connectivity index (χ4v) is 5.11. The Morgan fingerprint density at radius 2 is 1.38 bits per heavy atom. The molecule has 1 saturated heterocycles. The van der Waals surface area contributed by atoms with Crippen LogP contribution in [0.4, 0.5) is 0 Å². The van der Waals surface area contributed by atoms with Gasteiger partial charge in [-0.1, -0.05) is 0 Å². The number of carboxylic acids is 1. The van der Waals surface area contributed by atoms with Crippen LogP contribution in [0.3, 0.4) is 0 Å². The molecular formula is C26H28O13. The molecule has 4 rings (SSSR count). The summed E-state index contributed by atoms with van der Waals surface area (Å²) in [7, 11) is 0. The fraction of sp³-hybridized carbons (Fsp3) is 0.423. The predicted octanol–water partition coefficient (Wildman–Crippen LogP) is 0.406. The topological polar surface area (TPSA) is 232 Å². The lowest BCUT2D eigenvalue weighted by molar-refractivity contribution is -0.441. The van der Waals surface area contributed by atoms with Gasteiger partial charge in [-0.2, -0.15) is 0 Å². The van der Waals surface area contributed by atoms with Gasteiger partial charge >= 0.3 is 5.97 Å². The number of phenolic OH excluding ortho intramolecular Hbond substituents is 2. The van der Waals surface area contributed by atoms with Crippen molar-refractivity contribution in [1.29, 1.82) is 0 Å². The van der Waals surface area contributed by atoms with Crippen LogP contribution in [0.25, 0.3) is 0 Å². The standard InChI is InChI=1S/C26H28O13/c1-22(9-27)23(2,35)24(3,36)25(4,37)26(5,39-22)38-15-8-13-16(20(32)19(15)31)18(30)10-6-12(21(33)34)14(28)7-11(10)17(13)29/h6-8,27-28,31-32,35-37H,9H2,1-5H3,(H,33,34)/t22-,23+,24+,25+,26-/m0/s1. The van der Waals surface area contributed by atoms with E-state index in [-0.39, 0.29) is 5.56 Å². The number of ether oxygens (including phenoxy) is 2. The molecule has 8 N–H and O–H groups in total. The van der Waals surface area contributed by atoms with Gasteiger partial charge in [0.15, 0.2) is 28.7 Å². The third kappa shape index (κ3) is 3.41. The number of aromatic carboxylic acids is 1. The van der Waals surface area contributed by atoms with Crippen molar-refractivity contribution in [3.05, 3.63) is 46.0 Å². The first kappa shape index (κ1) is 28.3. The highest BCUT2D eigenvalue weighted by Crippen LogP contribution is 2.55. The maximum atomic E-state index is 13.3. The monoisotopic (exact) mass is 548 g/mol. The van der Waals surface area contributed by atoms with E-state index < -0.39 is 97.6 Å². The van der Waals surface area contributed by atoms with E-state index in [2.05, 4.69) is 0 Å². The Bertz CT molecular complexity index is 1450. The number of hydrogen-bond donors (Lipinski definition) is 8. The van der Waals surface area contributed by atoms with E-state index in [4.69, 9.17) is 9.47 Å². The Hall–Kier alpha value is -3.75. The summed E-state index contributed by atoms with van der Waals surface area (Å²) in [6.07, 6.45) is 0. The van der Waals surface area contributed by atoms with Crippen molar-refractivity contribution < 1.29 is 64.7 Å². The summed E-state index contributed by atoms with van der Waals surface area (Å²) in [5.41, 5.74) is -11.8. The lowest BCUT2D eigenvalue weighted by Gasteiger charge is -2.64. The molecule has 0 bridgehead atoms. The quantitative estimate of drug-likeness (QED) is 0.207. The van der Waals surface area contributed by atoms with Crippen LogP contribution in [0.15, 0.2) is 18.2 Å². The third-order valence-electron chi connectivity index (χ3n) is 8.40. The molecule has 1 heterocycles. The molecule has 0 spiro atoms. The molecule has 39 heavy (non-hydrogen) atoms. The molecule has 0 saturated carbocycles. The van der Waals surface area contributed by atoms with Gasteiger partial charge in [-0.05, 0) is 45.9 Å². The number of carboxylic acid groups (broad SMARTS) is 1. The number of rotatable bonds is 4. The summed E-state index contributed by atoms with van der Waals surface area (Å²) in [5.74, 6) is -9.58. The van der Waals surface area contributed by atoms with E-state index in [0.29, 0.717) is 0 Å². The summed E-state index contributed by atoms with van der Waals surface area (Å²) in [6.45, 7) is 4.76. The van der Waals surface area contributed by atoms with E-state index in [1.165, 1.54) is 6.92 Å². The highest BCUT2D eigenvalue weighted by Gasteiger charge is 2.75. The van der Waals surface area contributed by atoms with Crippen LogP contribution in [-0.2, 0) is 4.74 Å². The van der Waals surface area contributed by atoms with Crippen LogP contribution in [0.2, 0.25) is 0 Å². The molecule has 1 aliphatic carbocycles. The Kier molecular flexibility index (Phi) is 5.89. The average molecular weight is 548 g/mol. The third-order valence-corrected chi connectivity index (χ3v) is 8.40. The molecule has 0 aromatic heterocycles. The largest absolute Gasteiger partial charge is 0.507 e. The van der Waals surface area contributed by atoms with Gasteiger partial charge in [0.2, 0.25) is 11.5 Å². The second-order valence-corrected chi connectivity index (χ2v) is 10.6. The second kappa shape index (κ2) is 8.13. The average Bonchev–Trinajstić information content (AvgIpc) is 2.83. The van der Waals surface area contributed by atoms with Gasteiger partial charge < -0.3 is 50.3 Å². The molecule has 5 atom stereocenters. The van der Waals surface area contributed by atoms with Crippen LogP contribution in [-0.4, -0.2) is 93.2 Å². The van der Waals surface area contributed by atoms with E-state index in [9.17, 15) is 55.2 Å². The molecular weight excluding hydrogens is 520 g/mol. The van der Waals surface area contributed by atoms with Gasteiger partial charge in [0, 0.05) is 23.6 Å². The van der Waals surface area contributed by atoms with E-state index in [1.54, 1.807) is 0 Å². The summed E-state index contributed by atoms with van der Waals surface area (Å²) in [6, 6.07) is 2.42.